The van der Waals surface area contributed by atoms with Crippen LogP contribution in [0.25, 0.3) is 0 Å². The largest absolute Gasteiger partial charge is 0.303 e. The molecule has 0 aliphatic carbocycles. The van der Waals surface area contributed by atoms with Gasteiger partial charge in [0.15, 0.2) is 0 Å². The third kappa shape index (κ3) is 3.44. The highest BCUT2D eigenvalue weighted by Gasteiger charge is 2.14. The molecule has 1 saturated heterocycles. The van der Waals surface area contributed by atoms with E-state index in [1.165, 1.54) is 32.5 Å². The molecule has 1 heterocycles. The smallest absolute Gasteiger partial charge is 0.0235 e. The van der Waals surface area contributed by atoms with Gasteiger partial charge in [-0.05, 0) is 38.3 Å². The standard InChI is InChI=1S/C9H18ClN/c1-9-4-2-6-11(8-9)7-3-5-10/h9H,2-8H2,1H3. The highest BCUT2D eigenvalue weighted by Crippen LogP contribution is 2.15. The summed E-state index contributed by atoms with van der Waals surface area (Å²) in [7, 11) is 0. The summed E-state index contributed by atoms with van der Waals surface area (Å²) in [6.07, 6.45) is 3.94. The van der Waals surface area contributed by atoms with Crippen molar-refractivity contribution in [3.8, 4) is 0 Å². The van der Waals surface area contributed by atoms with Crippen molar-refractivity contribution in [2.45, 2.75) is 26.2 Å². The zero-order valence-electron chi connectivity index (χ0n) is 7.35. The third-order valence-corrected chi connectivity index (χ3v) is 2.62. The molecule has 0 saturated carbocycles. The van der Waals surface area contributed by atoms with Crippen LogP contribution in [0.2, 0.25) is 0 Å². The first kappa shape index (κ1) is 9.34. The normalized spacial score (nSPS) is 27.3. The average Bonchev–Trinajstić information content (AvgIpc) is 2.01. The maximum absolute atomic E-state index is 5.63. The summed E-state index contributed by atoms with van der Waals surface area (Å²) in [6.45, 7) is 6.12. The maximum atomic E-state index is 5.63. The Balaban J connectivity index is 2.12. The number of hydrogen-bond donors (Lipinski definition) is 0. The quantitative estimate of drug-likeness (QED) is 0.596. The Morgan fingerprint density at radius 3 is 3.00 bits per heavy atom. The molecule has 0 aromatic heterocycles. The van der Waals surface area contributed by atoms with E-state index in [1.807, 2.05) is 0 Å². The van der Waals surface area contributed by atoms with Crippen molar-refractivity contribution in [3.63, 3.8) is 0 Å². The molecule has 1 aliphatic heterocycles. The first-order valence-electron chi connectivity index (χ1n) is 4.61. The number of hydrogen-bond acceptors (Lipinski definition) is 1. The summed E-state index contributed by atoms with van der Waals surface area (Å²) in [4.78, 5) is 2.54. The van der Waals surface area contributed by atoms with Crippen LogP contribution in [0, 0.1) is 5.92 Å². The molecule has 1 aliphatic rings. The Labute approximate surface area is 74.7 Å². The Hall–Kier alpha value is 0.250. The maximum Gasteiger partial charge on any atom is 0.0235 e. The van der Waals surface area contributed by atoms with Crippen molar-refractivity contribution in [3.05, 3.63) is 0 Å². The predicted octanol–water partition coefficient (Wildman–Crippen LogP) is 2.35. The van der Waals surface area contributed by atoms with Crippen LogP contribution in [0.1, 0.15) is 26.2 Å². The summed E-state index contributed by atoms with van der Waals surface area (Å²) < 4.78 is 0. The molecule has 1 unspecified atom stereocenters. The Kier molecular flexibility index (Phi) is 4.24. The second-order valence-electron chi connectivity index (χ2n) is 3.59. The molecule has 0 N–H and O–H groups in total. The first-order chi connectivity index (χ1) is 5.33. The average molecular weight is 176 g/mol. The van der Waals surface area contributed by atoms with E-state index in [0.717, 1.165) is 18.2 Å². The van der Waals surface area contributed by atoms with Gasteiger partial charge < -0.3 is 4.90 Å². The van der Waals surface area contributed by atoms with E-state index in [0.29, 0.717) is 0 Å². The van der Waals surface area contributed by atoms with Gasteiger partial charge in [-0.3, -0.25) is 0 Å². The summed E-state index contributed by atoms with van der Waals surface area (Å²) in [5.41, 5.74) is 0. The number of alkyl halides is 1. The molecule has 0 aromatic carbocycles. The van der Waals surface area contributed by atoms with Gasteiger partial charge >= 0.3 is 0 Å². The fraction of sp³-hybridized carbons (Fsp3) is 1.00. The number of piperidine rings is 1. The highest BCUT2D eigenvalue weighted by atomic mass is 35.5. The molecule has 66 valence electrons. The Morgan fingerprint density at radius 2 is 2.36 bits per heavy atom. The highest BCUT2D eigenvalue weighted by molar-refractivity contribution is 6.17. The summed E-state index contributed by atoms with van der Waals surface area (Å²) in [5.74, 6) is 1.71. The molecule has 1 nitrogen and oxygen atoms in total. The first-order valence-corrected chi connectivity index (χ1v) is 5.14. The van der Waals surface area contributed by atoms with Gasteiger partial charge in [-0.25, -0.2) is 0 Å². The van der Waals surface area contributed by atoms with E-state index in [2.05, 4.69) is 11.8 Å². The van der Waals surface area contributed by atoms with Gasteiger partial charge in [-0.1, -0.05) is 6.92 Å². The van der Waals surface area contributed by atoms with E-state index < -0.39 is 0 Å². The third-order valence-electron chi connectivity index (χ3n) is 2.35. The van der Waals surface area contributed by atoms with Crippen molar-refractivity contribution in [2.24, 2.45) is 5.92 Å². The van der Waals surface area contributed by atoms with Crippen molar-refractivity contribution >= 4 is 11.6 Å². The lowest BCUT2D eigenvalue weighted by atomic mass is 10.0. The second kappa shape index (κ2) is 5.00. The van der Waals surface area contributed by atoms with Gasteiger partial charge in [0.2, 0.25) is 0 Å². The van der Waals surface area contributed by atoms with Crippen molar-refractivity contribution in [1.29, 1.82) is 0 Å². The summed E-state index contributed by atoms with van der Waals surface area (Å²) in [6, 6.07) is 0. The van der Waals surface area contributed by atoms with Crippen LogP contribution in [-0.4, -0.2) is 30.4 Å². The van der Waals surface area contributed by atoms with Crippen LogP contribution in [0.5, 0.6) is 0 Å². The molecular formula is C9H18ClN. The van der Waals surface area contributed by atoms with Crippen LogP contribution >= 0.6 is 11.6 Å². The summed E-state index contributed by atoms with van der Waals surface area (Å²) >= 11 is 5.63. The lowest BCUT2D eigenvalue weighted by Gasteiger charge is -2.30. The van der Waals surface area contributed by atoms with Gasteiger partial charge in [0.25, 0.3) is 0 Å². The van der Waals surface area contributed by atoms with E-state index in [1.54, 1.807) is 0 Å². The monoisotopic (exact) mass is 175 g/mol. The molecule has 0 spiro atoms. The molecule has 11 heavy (non-hydrogen) atoms. The molecular weight excluding hydrogens is 158 g/mol. The zero-order chi connectivity index (χ0) is 8.10. The molecule has 0 amide bonds. The van der Waals surface area contributed by atoms with E-state index in [-0.39, 0.29) is 0 Å². The van der Waals surface area contributed by atoms with Crippen molar-refractivity contribution < 1.29 is 0 Å². The Morgan fingerprint density at radius 1 is 1.55 bits per heavy atom. The number of halogens is 1. The van der Waals surface area contributed by atoms with Crippen LogP contribution in [-0.2, 0) is 0 Å². The number of rotatable bonds is 3. The van der Waals surface area contributed by atoms with Gasteiger partial charge in [0.1, 0.15) is 0 Å². The van der Waals surface area contributed by atoms with E-state index in [9.17, 15) is 0 Å². The van der Waals surface area contributed by atoms with Gasteiger partial charge in [0, 0.05) is 12.4 Å². The zero-order valence-corrected chi connectivity index (χ0v) is 8.11. The van der Waals surface area contributed by atoms with Crippen molar-refractivity contribution in [2.75, 3.05) is 25.5 Å². The fourth-order valence-electron chi connectivity index (χ4n) is 1.77. The molecule has 1 rings (SSSR count). The fourth-order valence-corrected chi connectivity index (χ4v) is 1.89. The topological polar surface area (TPSA) is 3.24 Å². The van der Waals surface area contributed by atoms with Crippen LogP contribution in [0.3, 0.4) is 0 Å². The lowest BCUT2D eigenvalue weighted by Crippen LogP contribution is -2.35. The Bertz CT molecular complexity index is 106. The van der Waals surface area contributed by atoms with Crippen LogP contribution in [0.4, 0.5) is 0 Å². The van der Waals surface area contributed by atoms with E-state index >= 15 is 0 Å². The lowest BCUT2D eigenvalue weighted by molar-refractivity contribution is 0.184. The molecule has 0 aromatic rings. The minimum atomic E-state index is 0.810. The van der Waals surface area contributed by atoms with Crippen LogP contribution in [0.15, 0.2) is 0 Å². The number of likely N-dealkylation sites (tertiary alicyclic amines) is 1. The van der Waals surface area contributed by atoms with E-state index in [4.69, 9.17) is 11.6 Å². The molecule has 1 fully saturated rings. The SMILES string of the molecule is CC1CCCN(CCCCl)C1. The van der Waals surface area contributed by atoms with Gasteiger partial charge in [-0.15, -0.1) is 11.6 Å². The minimum absolute atomic E-state index is 0.810. The predicted molar refractivity (Wildman–Crippen MR) is 50.2 cm³/mol. The van der Waals surface area contributed by atoms with Crippen molar-refractivity contribution in [1.82, 2.24) is 4.90 Å². The molecule has 2 heteroatoms. The molecule has 0 radical (unpaired) electrons. The van der Waals surface area contributed by atoms with Gasteiger partial charge in [0.05, 0.1) is 0 Å². The molecule has 1 atom stereocenters. The second-order valence-corrected chi connectivity index (χ2v) is 3.97. The van der Waals surface area contributed by atoms with Gasteiger partial charge in [-0.2, -0.15) is 0 Å². The summed E-state index contributed by atoms with van der Waals surface area (Å²) in [5, 5.41) is 0. The minimum Gasteiger partial charge on any atom is -0.303 e. The number of nitrogens with zero attached hydrogens (tertiary/aromatic N) is 1. The van der Waals surface area contributed by atoms with Crippen LogP contribution < -0.4 is 0 Å². The molecule has 0 bridgehead atoms.